The van der Waals surface area contributed by atoms with Crippen LogP contribution in [-0.2, 0) is 9.53 Å². The summed E-state index contributed by atoms with van der Waals surface area (Å²) >= 11 is 0. The second-order valence-electron chi connectivity index (χ2n) is 6.67. The summed E-state index contributed by atoms with van der Waals surface area (Å²) in [5.41, 5.74) is 0. The van der Waals surface area contributed by atoms with Crippen LogP contribution in [0.5, 0.6) is 0 Å². The van der Waals surface area contributed by atoms with Crippen molar-refractivity contribution in [2.24, 2.45) is 10.9 Å². The lowest BCUT2D eigenvalue weighted by Crippen LogP contribution is -2.54. The number of halogens is 1. The second-order valence-corrected chi connectivity index (χ2v) is 6.67. The van der Waals surface area contributed by atoms with Gasteiger partial charge >= 0.3 is 0 Å². The number of hydrogen-bond donors (Lipinski definition) is 2. The van der Waals surface area contributed by atoms with Gasteiger partial charge in [0.25, 0.3) is 0 Å². The van der Waals surface area contributed by atoms with Crippen molar-refractivity contribution in [2.45, 2.75) is 25.7 Å². The maximum Gasteiger partial charge on any atom is 0.234 e. The molecule has 2 N–H and O–H groups in total. The highest BCUT2D eigenvalue weighted by atomic mass is 127. The standard InChI is InChI=1S/C17H33N5O2.HI/c1-18-17(20-7-3-4-15-5-6-15)22-11-9-21(10-12-22)14-16(23)19-8-13-24-2;/h15H,3-14H2,1-2H3,(H,18,20)(H,19,23);1H. The lowest BCUT2D eigenvalue weighted by atomic mass is 10.2. The Bertz CT molecular complexity index is 410. The minimum atomic E-state index is 0. The van der Waals surface area contributed by atoms with E-state index in [9.17, 15) is 4.79 Å². The number of nitrogens with zero attached hydrogens (tertiary/aromatic N) is 3. The van der Waals surface area contributed by atoms with E-state index in [0.29, 0.717) is 19.7 Å². The predicted octanol–water partition coefficient (Wildman–Crippen LogP) is 0.750. The van der Waals surface area contributed by atoms with Gasteiger partial charge in [0, 0.05) is 53.4 Å². The molecule has 1 aliphatic heterocycles. The van der Waals surface area contributed by atoms with Crippen molar-refractivity contribution in [2.75, 3.05) is 66.6 Å². The van der Waals surface area contributed by atoms with Gasteiger partial charge in [-0.15, -0.1) is 24.0 Å². The SMILES string of the molecule is CN=C(NCCCC1CC1)N1CCN(CC(=O)NCCOC)CC1.I. The monoisotopic (exact) mass is 467 g/mol. The van der Waals surface area contributed by atoms with Crippen LogP contribution in [-0.4, -0.2) is 88.2 Å². The Labute approximate surface area is 169 Å². The summed E-state index contributed by atoms with van der Waals surface area (Å²) in [4.78, 5) is 20.7. The summed E-state index contributed by atoms with van der Waals surface area (Å²) in [6.07, 6.45) is 5.42. The highest BCUT2D eigenvalue weighted by molar-refractivity contribution is 14.0. The number of piperazine rings is 1. The number of aliphatic imine (C=N–C) groups is 1. The van der Waals surface area contributed by atoms with Crippen LogP contribution in [0.25, 0.3) is 0 Å². The lowest BCUT2D eigenvalue weighted by molar-refractivity contribution is -0.122. The van der Waals surface area contributed by atoms with Crippen LogP contribution in [0.4, 0.5) is 0 Å². The Hall–Kier alpha value is -0.610. The van der Waals surface area contributed by atoms with E-state index in [-0.39, 0.29) is 29.9 Å². The summed E-state index contributed by atoms with van der Waals surface area (Å²) in [7, 11) is 3.48. The Kier molecular flexibility index (Phi) is 11.4. The van der Waals surface area contributed by atoms with Crippen molar-refractivity contribution in [3.63, 3.8) is 0 Å². The number of carbonyl (C=O) groups excluding carboxylic acids is 1. The number of rotatable bonds is 9. The Morgan fingerprint density at radius 3 is 2.48 bits per heavy atom. The molecule has 2 fully saturated rings. The maximum atomic E-state index is 11.8. The summed E-state index contributed by atoms with van der Waals surface area (Å²) in [6.45, 7) is 6.20. The van der Waals surface area contributed by atoms with Gasteiger partial charge in [-0.25, -0.2) is 0 Å². The first-order valence-corrected chi connectivity index (χ1v) is 9.16. The normalized spacial score (nSPS) is 18.6. The molecule has 1 amide bonds. The van der Waals surface area contributed by atoms with Gasteiger partial charge in [-0.3, -0.25) is 14.7 Å². The first kappa shape index (κ1) is 22.4. The lowest BCUT2D eigenvalue weighted by Gasteiger charge is -2.36. The van der Waals surface area contributed by atoms with E-state index < -0.39 is 0 Å². The van der Waals surface area contributed by atoms with Crippen LogP contribution in [0.3, 0.4) is 0 Å². The van der Waals surface area contributed by atoms with Crippen molar-refractivity contribution < 1.29 is 9.53 Å². The molecule has 1 saturated heterocycles. The Morgan fingerprint density at radius 1 is 1.16 bits per heavy atom. The van der Waals surface area contributed by atoms with E-state index in [4.69, 9.17) is 4.74 Å². The molecule has 8 heteroatoms. The number of amides is 1. The smallest absolute Gasteiger partial charge is 0.234 e. The van der Waals surface area contributed by atoms with Gasteiger partial charge in [-0.2, -0.15) is 0 Å². The quantitative estimate of drug-likeness (QED) is 0.227. The molecule has 7 nitrogen and oxygen atoms in total. The molecule has 0 atom stereocenters. The van der Waals surface area contributed by atoms with Crippen molar-refractivity contribution in [3.8, 4) is 0 Å². The molecule has 1 heterocycles. The highest BCUT2D eigenvalue weighted by Crippen LogP contribution is 2.33. The molecule has 2 rings (SSSR count). The molecule has 1 saturated carbocycles. The van der Waals surface area contributed by atoms with Crippen LogP contribution in [0.1, 0.15) is 25.7 Å². The molecule has 0 bridgehead atoms. The van der Waals surface area contributed by atoms with Gasteiger partial charge in [-0.05, 0) is 18.8 Å². The molecule has 2 aliphatic rings. The molecule has 25 heavy (non-hydrogen) atoms. The highest BCUT2D eigenvalue weighted by Gasteiger charge is 2.22. The number of nitrogens with one attached hydrogen (secondary N) is 2. The van der Waals surface area contributed by atoms with Gasteiger partial charge in [0.2, 0.25) is 5.91 Å². The van der Waals surface area contributed by atoms with Crippen LogP contribution in [0.15, 0.2) is 4.99 Å². The van der Waals surface area contributed by atoms with E-state index in [0.717, 1.165) is 44.6 Å². The topological polar surface area (TPSA) is 69.2 Å². The number of ether oxygens (including phenoxy) is 1. The fraction of sp³-hybridized carbons (Fsp3) is 0.882. The van der Waals surface area contributed by atoms with Gasteiger partial charge in [0.05, 0.1) is 13.2 Å². The average Bonchev–Trinajstić information content (AvgIpc) is 3.40. The Morgan fingerprint density at radius 2 is 1.88 bits per heavy atom. The molecule has 146 valence electrons. The van der Waals surface area contributed by atoms with Crippen molar-refractivity contribution in [1.82, 2.24) is 20.4 Å². The summed E-state index contributed by atoms with van der Waals surface area (Å²) in [5, 5.41) is 6.35. The van der Waals surface area contributed by atoms with Crippen LogP contribution < -0.4 is 10.6 Å². The van der Waals surface area contributed by atoms with Crippen LogP contribution in [0.2, 0.25) is 0 Å². The van der Waals surface area contributed by atoms with Gasteiger partial charge in [-0.1, -0.05) is 12.8 Å². The molecule has 0 aromatic carbocycles. The zero-order valence-electron chi connectivity index (χ0n) is 15.6. The average molecular weight is 467 g/mol. The third-order valence-electron chi connectivity index (χ3n) is 4.65. The first-order valence-electron chi connectivity index (χ1n) is 9.16. The molecule has 0 aromatic heterocycles. The molecular weight excluding hydrogens is 433 g/mol. The van der Waals surface area contributed by atoms with E-state index in [1.165, 1.54) is 25.7 Å². The first-order chi connectivity index (χ1) is 11.7. The molecule has 0 aromatic rings. The van der Waals surface area contributed by atoms with E-state index in [1.807, 2.05) is 7.05 Å². The largest absolute Gasteiger partial charge is 0.383 e. The number of hydrogen-bond acceptors (Lipinski definition) is 4. The molecule has 0 unspecified atom stereocenters. The zero-order chi connectivity index (χ0) is 17.2. The van der Waals surface area contributed by atoms with E-state index >= 15 is 0 Å². The third-order valence-corrected chi connectivity index (χ3v) is 4.65. The van der Waals surface area contributed by atoms with Crippen LogP contribution in [0, 0.1) is 5.92 Å². The van der Waals surface area contributed by atoms with Gasteiger partial charge < -0.3 is 20.3 Å². The van der Waals surface area contributed by atoms with E-state index in [1.54, 1.807) is 7.11 Å². The summed E-state index contributed by atoms with van der Waals surface area (Å²) < 4.78 is 4.94. The molecular formula is C17H34IN5O2. The minimum Gasteiger partial charge on any atom is -0.383 e. The third kappa shape index (κ3) is 9.05. The molecule has 0 radical (unpaired) electrons. The van der Waals surface area contributed by atoms with Crippen molar-refractivity contribution in [1.29, 1.82) is 0 Å². The van der Waals surface area contributed by atoms with Gasteiger partial charge in [0.1, 0.15) is 0 Å². The van der Waals surface area contributed by atoms with E-state index in [2.05, 4.69) is 25.4 Å². The van der Waals surface area contributed by atoms with Crippen molar-refractivity contribution >= 4 is 35.8 Å². The maximum absolute atomic E-state index is 11.8. The second kappa shape index (κ2) is 12.7. The number of carbonyl (C=O) groups is 1. The zero-order valence-corrected chi connectivity index (χ0v) is 18.0. The van der Waals surface area contributed by atoms with Crippen molar-refractivity contribution in [3.05, 3.63) is 0 Å². The fourth-order valence-electron chi connectivity index (χ4n) is 3.00. The summed E-state index contributed by atoms with van der Waals surface area (Å²) in [6, 6.07) is 0. The van der Waals surface area contributed by atoms with Gasteiger partial charge in [0.15, 0.2) is 5.96 Å². The minimum absolute atomic E-state index is 0. The predicted molar refractivity (Wildman–Crippen MR) is 112 cm³/mol. The van der Waals surface area contributed by atoms with Crippen LogP contribution >= 0.6 is 24.0 Å². The summed E-state index contributed by atoms with van der Waals surface area (Å²) in [5.74, 6) is 2.06. The fourth-order valence-corrected chi connectivity index (χ4v) is 3.00. The Balaban J connectivity index is 0.00000312. The number of methoxy groups -OCH3 is 1. The molecule has 0 spiro atoms. The number of guanidine groups is 1. The molecule has 1 aliphatic carbocycles.